The molecule has 0 bridgehead atoms. The molecule has 6 heteroatoms. The van der Waals surface area contributed by atoms with E-state index in [-0.39, 0.29) is 24.4 Å². The van der Waals surface area contributed by atoms with E-state index in [1.807, 2.05) is 4.90 Å². The van der Waals surface area contributed by atoms with E-state index in [0.717, 1.165) is 70.8 Å². The van der Waals surface area contributed by atoms with Crippen LogP contribution in [0.15, 0.2) is 0 Å². The van der Waals surface area contributed by atoms with Gasteiger partial charge in [0, 0.05) is 19.5 Å². The van der Waals surface area contributed by atoms with Gasteiger partial charge in [-0.05, 0) is 38.5 Å². The van der Waals surface area contributed by atoms with E-state index in [1.54, 1.807) is 0 Å². The minimum Gasteiger partial charge on any atom is -0.465 e. The van der Waals surface area contributed by atoms with Crippen LogP contribution in [-0.4, -0.2) is 61.4 Å². The Labute approximate surface area is 286 Å². The molecular formula is C40H79NO5. The molecule has 6 nitrogen and oxygen atoms in total. The van der Waals surface area contributed by atoms with Crippen molar-refractivity contribution in [2.45, 2.75) is 201 Å². The Kier molecular flexibility index (Phi) is 35.8. The maximum Gasteiger partial charge on any atom is 0.308 e. The third-order valence-corrected chi connectivity index (χ3v) is 9.30. The molecule has 0 aliphatic carbocycles. The molecule has 46 heavy (non-hydrogen) atoms. The highest BCUT2D eigenvalue weighted by molar-refractivity contribution is 5.76. The Morgan fingerprint density at radius 1 is 0.522 bits per heavy atom. The zero-order valence-electron chi connectivity index (χ0n) is 31.1. The van der Waals surface area contributed by atoms with E-state index >= 15 is 0 Å². The number of hydrogen-bond acceptors (Lipinski definition) is 5. The minimum absolute atomic E-state index is 0.00983. The normalized spacial score (nSPS) is 12.0. The van der Waals surface area contributed by atoms with Crippen molar-refractivity contribution < 1.29 is 24.2 Å². The number of carbonyl (C=O) groups excluding carboxylic acids is 2. The van der Waals surface area contributed by atoms with Crippen molar-refractivity contribution in [1.82, 2.24) is 4.90 Å². The van der Waals surface area contributed by atoms with Crippen LogP contribution < -0.4 is 0 Å². The molecule has 0 saturated carbocycles. The van der Waals surface area contributed by atoms with Gasteiger partial charge in [-0.2, -0.15) is 0 Å². The van der Waals surface area contributed by atoms with Crippen LogP contribution in [0.5, 0.6) is 0 Å². The maximum absolute atomic E-state index is 13.0. The monoisotopic (exact) mass is 654 g/mol. The highest BCUT2D eigenvalue weighted by Gasteiger charge is 2.19. The van der Waals surface area contributed by atoms with E-state index in [2.05, 4.69) is 20.8 Å². The molecule has 0 spiro atoms. The Balaban J connectivity index is 4.27. The van der Waals surface area contributed by atoms with Crippen LogP contribution in [0, 0.1) is 5.92 Å². The molecule has 0 aliphatic heterocycles. The smallest absolute Gasteiger partial charge is 0.308 e. The summed E-state index contributed by atoms with van der Waals surface area (Å²) in [5.74, 6) is 0.316. The number of amides is 1. The fourth-order valence-electron chi connectivity index (χ4n) is 6.22. The van der Waals surface area contributed by atoms with Crippen molar-refractivity contribution in [3.05, 3.63) is 0 Å². The first kappa shape index (κ1) is 44.9. The second-order valence-corrected chi connectivity index (χ2v) is 13.7. The van der Waals surface area contributed by atoms with Gasteiger partial charge in [0.25, 0.3) is 0 Å². The van der Waals surface area contributed by atoms with Gasteiger partial charge >= 0.3 is 5.97 Å². The zero-order valence-corrected chi connectivity index (χ0v) is 31.1. The number of rotatable bonds is 37. The van der Waals surface area contributed by atoms with E-state index in [0.29, 0.717) is 32.8 Å². The van der Waals surface area contributed by atoms with Gasteiger partial charge < -0.3 is 19.5 Å². The Morgan fingerprint density at radius 2 is 0.978 bits per heavy atom. The summed E-state index contributed by atoms with van der Waals surface area (Å²) in [6.45, 7) is 9.39. The lowest BCUT2D eigenvalue weighted by Gasteiger charge is -2.23. The topological polar surface area (TPSA) is 76.1 Å². The first-order valence-corrected chi connectivity index (χ1v) is 20.2. The fraction of sp³-hybridized carbons (Fsp3) is 0.950. The summed E-state index contributed by atoms with van der Waals surface area (Å²) in [5, 5.41) is 9.01. The van der Waals surface area contributed by atoms with Gasteiger partial charge in [-0.25, -0.2) is 0 Å². The number of ether oxygens (including phenoxy) is 2. The Bertz CT molecular complexity index is 643. The molecule has 0 aromatic heterocycles. The molecule has 0 heterocycles. The molecule has 0 aliphatic rings. The molecular weight excluding hydrogens is 574 g/mol. The van der Waals surface area contributed by atoms with Crippen LogP contribution in [0.4, 0.5) is 0 Å². The SMILES string of the molecule is CCCCCCCCCCCCCC(=O)N(CCCCCCOC(=O)C(CCCCCC)CCCCCCCC)CCOCCO. The van der Waals surface area contributed by atoms with Gasteiger partial charge in [0.15, 0.2) is 0 Å². The van der Waals surface area contributed by atoms with Crippen molar-refractivity contribution in [1.29, 1.82) is 0 Å². The Morgan fingerprint density at radius 3 is 1.52 bits per heavy atom. The average Bonchev–Trinajstić information content (AvgIpc) is 3.06. The first-order chi connectivity index (χ1) is 22.6. The summed E-state index contributed by atoms with van der Waals surface area (Å²) >= 11 is 0. The number of nitrogens with zero attached hydrogens (tertiary/aromatic N) is 1. The fourth-order valence-corrected chi connectivity index (χ4v) is 6.22. The van der Waals surface area contributed by atoms with Crippen LogP contribution in [-0.2, 0) is 19.1 Å². The summed E-state index contributed by atoms with van der Waals surface area (Å²) in [6.07, 6.45) is 32.9. The molecule has 0 aromatic carbocycles. The summed E-state index contributed by atoms with van der Waals surface area (Å²) < 4.78 is 11.2. The van der Waals surface area contributed by atoms with E-state index in [1.165, 1.54) is 109 Å². The molecule has 0 saturated heterocycles. The van der Waals surface area contributed by atoms with E-state index in [4.69, 9.17) is 14.6 Å². The first-order valence-electron chi connectivity index (χ1n) is 20.2. The lowest BCUT2D eigenvalue weighted by Crippen LogP contribution is -2.35. The number of hydrogen-bond donors (Lipinski definition) is 1. The lowest BCUT2D eigenvalue weighted by atomic mass is 9.94. The molecule has 274 valence electrons. The highest BCUT2D eigenvalue weighted by atomic mass is 16.5. The van der Waals surface area contributed by atoms with Crippen molar-refractivity contribution in [2.24, 2.45) is 5.92 Å². The minimum atomic E-state index is 0.00983. The second-order valence-electron chi connectivity index (χ2n) is 13.7. The molecule has 0 rings (SSSR count). The van der Waals surface area contributed by atoms with E-state index in [9.17, 15) is 9.59 Å². The van der Waals surface area contributed by atoms with Gasteiger partial charge in [-0.1, -0.05) is 156 Å². The van der Waals surface area contributed by atoms with Gasteiger partial charge in [-0.15, -0.1) is 0 Å². The lowest BCUT2D eigenvalue weighted by molar-refractivity contribution is -0.149. The zero-order chi connectivity index (χ0) is 33.8. The number of unbranched alkanes of at least 4 members (excludes halogenated alkanes) is 21. The highest BCUT2D eigenvalue weighted by Crippen LogP contribution is 2.21. The number of aliphatic hydroxyl groups excluding tert-OH is 1. The average molecular weight is 654 g/mol. The number of carbonyl (C=O) groups is 2. The van der Waals surface area contributed by atoms with Crippen molar-refractivity contribution in [2.75, 3.05) is 39.5 Å². The van der Waals surface area contributed by atoms with Crippen LogP contribution >= 0.6 is 0 Å². The molecule has 1 N–H and O–H groups in total. The van der Waals surface area contributed by atoms with Gasteiger partial charge in [-0.3, -0.25) is 9.59 Å². The van der Waals surface area contributed by atoms with Gasteiger partial charge in [0.1, 0.15) is 0 Å². The number of aliphatic hydroxyl groups is 1. The molecule has 0 fully saturated rings. The van der Waals surface area contributed by atoms with Crippen molar-refractivity contribution in [3.63, 3.8) is 0 Å². The molecule has 1 atom stereocenters. The predicted octanol–water partition coefficient (Wildman–Crippen LogP) is 11.0. The van der Waals surface area contributed by atoms with Crippen molar-refractivity contribution >= 4 is 11.9 Å². The van der Waals surface area contributed by atoms with E-state index < -0.39 is 0 Å². The quantitative estimate of drug-likeness (QED) is 0.0533. The summed E-state index contributed by atoms with van der Waals surface area (Å²) in [6, 6.07) is 0. The van der Waals surface area contributed by atoms with Gasteiger partial charge in [0.2, 0.25) is 5.91 Å². The summed E-state index contributed by atoms with van der Waals surface area (Å²) in [5.41, 5.74) is 0. The van der Waals surface area contributed by atoms with Crippen LogP contribution in [0.3, 0.4) is 0 Å². The van der Waals surface area contributed by atoms with Crippen LogP contribution in [0.25, 0.3) is 0 Å². The molecule has 1 unspecified atom stereocenters. The largest absolute Gasteiger partial charge is 0.465 e. The Hall–Kier alpha value is -1.14. The van der Waals surface area contributed by atoms with Crippen LogP contribution in [0.2, 0.25) is 0 Å². The third kappa shape index (κ3) is 30.2. The summed E-state index contributed by atoms with van der Waals surface area (Å²) in [7, 11) is 0. The maximum atomic E-state index is 13.0. The molecule has 0 radical (unpaired) electrons. The molecule has 1 amide bonds. The van der Waals surface area contributed by atoms with Crippen LogP contribution in [0.1, 0.15) is 201 Å². The van der Waals surface area contributed by atoms with Crippen molar-refractivity contribution in [3.8, 4) is 0 Å². The number of esters is 1. The molecule has 0 aromatic rings. The second kappa shape index (κ2) is 36.7. The van der Waals surface area contributed by atoms with Gasteiger partial charge in [0.05, 0.1) is 32.3 Å². The third-order valence-electron chi connectivity index (χ3n) is 9.30. The standard InChI is InChI=1S/C40H79NO5/c1-4-7-10-13-15-16-17-18-19-21-26-31-39(43)41(33-36-45-37-34-42)32-27-22-23-28-35-46-40(44)38(29-24-12-9-6-3)30-25-20-14-11-8-5-2/h38,42H,4-37H2,1-3H3. The predicted molar refractivity (Wildman–Crippen MR) is 195 cm³/mol. The summed E-state index contributed by atoms with van der Waals surface area (Å²) in [4.78, 5) is 27.8.